The number of nitrogens with zero attached hydrogens (tertiary/aromatic N) is 3. The lowest BCUT2D eigenvalue weighted by molar-refractivity contribution is -0.128. The molecule has 0 saturated heterocycles. The molecule has 1 unspecified atom stereocenters. The first-order valence-corrected chi connectivity index (χ1v) is 11.2. The van der Waals surface area contributed by atoms with Crippen molar-refractivity contribution in [3.63, 3.8) is 0 Å². The van der Waals surface area contributed by atoms with E-state index in [1.54, 1.807) is 32.2 Å². The van der Waals surface area contributed by atoms with Crippen molar-refractivity contribution in [3.8, 4) is 17.5 Å². The van der Waals surface area contributed by atoms with Gasteiger partial charge in [0.2, 0.25) is 5.91 Å². The zero-order valence-corrected chi connectivity index (χ0v) is 20.7. The number of carbonyl (C=O) groups excluding carboxylic acids is 1. The second kappa shape index (κ2) is 10.7. The zero-order valence-electron chi connectivity index (χ0n) is 20.7. The lowest BCUT2D eigenvalue weighted by atomic mass is 9.84. The van der Waals surface area contributed by atoms with Gasteiger partial charge in [-0.1, -0.05) is 0 Å². The van der Waals surface area contributed by atoms with Gasteiger partial charge in [-0.05, 0) is 71.1 Å². The highest BCUT2D eigenvalue weighted by Crippen LogP contribution is 2.34. The first kappa shape index (κ1) is 26.0. The van der Waals surface area contributed by atoms with Crippen molar-refractivity contribution in [2.45, 2.75) is 26.7 Å². The number of anilines is 2. The van der Waals surface area contributed by atoms with E-state index in [4.69, 9.17) is 15.2 Å². The number of hydrogen-bond acceptors (Lipinski definition) is 8. The van der Waals surface area contributed by atoms with Gasteiger partial charge in [-0.2, -0.15) is 9.97 Å². The number of amides is 1. The summed E-state index contributed by atoms with van der Waals surface area (Å²) in [6, 6.07) is 7.80. The summed E-state index contributed by atoms with van der Waals surface area (Å²) in [7, 11) is 5.32. The van der Waals surface area contributed by atoms with Crippen molar-refractivity contribution < 1.29 is 23.8 Å². The van der Waals surface area contributed by atoms with Crippen LogP contribution in [-0.2, 0) is 4.79 Å². The van der Waals surface area contributed by atoms with Gasteiger partial charge in [0.1, 0.15) is 23.1 Å². The van der Waals surface area contributed by atoms with Crippen molar-refractivity contribution >= 4 is 28.3 Å². The highest BCUT2D eigenvalue weighted by Gasteiger charge is 2.31. The predicted octanol–water partition coefficient (Wildman–Crippen LogP) is 3.75. The Morgan fingerprint density at radius 1 is 1.26 bits per heavy atom. The molecule has 35 heavy (non-hydrogen) atoms. The molecule has 1 atom stereocenters. The molecule has 0 radical (unpaired) electrons. The quantitative estimate of drug-likeness (QED) is 0.351. The Labute approximate surface area is 204 Å². The number of aromatic nitrogens is 2. The minimum Gasteiger partial charge on any atom is -0.508 e. The fourth-order valence-corrected chi connectivity index (χ4v) is 3.92. The number of nitrogens with two attached hydrogens (primary N) is 1. The number of primary amides is 1. The monoisotopic (exact) mass is 485 g/mol. The molecule has 1 amide bonds. The van der Waals surface area contributed by atoms with Crippen LogP contribution in [-0.4, -0.2) is 60.2 Å². The van der Waals surface area contributed by atoms with E-state index < -0.39 is 11.2 Å². The highest BCUT2D eigenvalue weighted by atomic mass is 19.1. The Morgan fingerprint density at radius 2 is 2.00 bits per heavy atom. The Morgan fingerprint density at radius 3 is 2.66 bits per heavy atom. The molecular weight excluding hydrogens is 453 g/mol. The third kappa shape index (κ3) is 6.07. The van der Waals surface area contributed by atoms with Crippen LogP contribution in [0.1, 0.15) is 25.3 Å². The second-order valence-electron chi connectivity index (χ2n) is 9.04. The number of methoxy groups -OCH3 is 1. The van der Waals surface area contributed by atoms with E-state index in [2.05, 4.69) is 15.3 Å². The molecule has 0 saturated carbocycles. The van der Waals surface area contributed by atoms with Gasteiger partial charge in [0.15, 0.2) is 0 Å². The largest absolute Gasteiger partial charge is 0.508 e. The number of phenolic OH excluding ortho intramolecular Hbond substituents is 1. The average Bonchev–Trinajstić information content (AvgIpc) is 2.81. The molecule has 0 aliphatic heterocycles. The lowest BCUT2D eigenvalue weighted by Crippen LogP contribution is -2.42. The number of aromatic hydroxyl groups is 1. The number of hydrogen-bond donors (Lipinski definition) is 3. The average molecular weight is 486 g/mol. The van der Waals surface area contributed by atoms with Crippen LogP contribution in [0.15, 0.2) is 30.3 Å². The molecule has 0 aliphatic carbocycles. The smallest absolute Gasteiger partial charge is 0.318 e. The topological polar surface area (TPSA) is 123 Å². The number of rotatable bonds is 11. The summed E-state index contributed by atoms with van der Waals surface area (Å²) in [5.41, 5.74) is 5.94. The molecule has 4 N–H and O–H groups in total. The Hall–Kier alpha value is -3.66. The van der Waals surface area contributed by atoms with Gasteiger partial charge in [0.05, 0.1) is 30.3 Å². The Kier molecular flexibility index (Phi) is 7.96. The van der Waals surface area contributed by atoms with E-state index in [0.29, 0.717) is 47.4 Å². The Balaban J connectivity index is 1.87. The minimum atomic E-state index is -0.690. The third-order valence-electron chi connectivity index (χ3n) is 5.88. The summed E-state index contributed by atoms with van der Waals surface area (Å²) in [6.45, 7) is 4.23. The molecule has 10 heteroatoms. The van der Waals surface area contributed by atoms with Crippen LogP contribution >= 0.6 is 0 Å². The first-order chi connectivity index (χ1) is 16.5. The van der Waals surface area contributed by atoms with E-state index in [1.807, 2.05) is 25.9 Å². The van der Waals surface area contributed by atoms with Crippen LogP contribution in [0, 0.1) is 18.2 Å². The van der Waals surface area contributed by atoms with E-state index in [0.717, 1.165) is 0 Å². The first-order valence-electron chi connectivity index (χ1n) is 11.2. The predicted molar refractivity (Wildman–Crippen MR) is 133 cm³/mol. The summed E-state index contributed by atoms with van der Waals surface area (Å²) < 4.78 is 25.7. The normalized spacial score (nSPS) is 13.0. The van der Waals surface area contributed by atoms with Crippen LogP contribution in [0.4, 0.5) is 15.9 Å². The van der Waals surface area contributed by atoms with Gasteiger partial charge in [0, 0.05) is 17.5 Å². The molecule has 0 aliphatic rings. The number of nitrogens with one attached hydrogen (secondary N) is 1. The molecule has 9 nitrogen and oxygen atoms in total. The summed E-state index contributed by atoms with van der Waals surface area (Å²) >= 11 is 0. The SMILES string of the molecule is COc1ccc2nc(OCCCC(C)(CN(C)C)C(N)=O)nc(Nc3c(F)ccc(O)c3C)c2c1. The summed E-state index contributed by atoms with van der Waals surface area (Å²) in [6.07, 6.45) is 1.09. The number of fused-ring (bicyclic) bond motifs is 1. The maximum Gasteiger partial charge on any atom is 0.318 e. The van der Waals surface area contributed by atoms with E-state index in [9.17, 15) is 14.3 Å². The maximum atomic E-state index is 14.6. The van der Waals surface area contributed by atoms with Gasteiger partial charge in [-0.3, -0.25) is 4.79 Å². The Bertz CT molecular complexity index is 1220. The maximum absolute atomic E-state index is 14.6. The van der Waals surface area contributed by atoms with Gasteiger partial charge in [-0.25, -0.2) is 4.39 Å². The molecule has 0 spiro atoms. The zero-order chi connectivity index (χ0) is 25.8. The molecule has 3 aromatic rings. The minimum absolute atomic E-state index is 0.0449. The fraction of sp³-hybridized carbons (Fsp3) is 0.400. The molecule has 3 rings (SSSR count). The van der Waals surface area contributed by atoms with Crippen LogP contribution in [0.2, 0.25) is 0 Å². The van der Waals surface area contributed by atoms with Gasteiger partial charge in [0.25, 0.3) is 0 Å². The summed E-state index contributed by atoms with van der Waals surface area (Å²) in [4.78, 5) is 22.8. The van der Waals surface area contributed by atoms with Gasteiger partial charge in [-0.15, -0.1) is 0 Å². The summed E-state index contributed by atoms with van der Waals surface area (Å²) in [5.74, 6) is -0.0682. The number of benzene rings is 2. The standard InChI is InChI=1S/C25H32FN5O4/c1-15-20(32)10-8-18(26)21(15)29-22-17-13-16(34-5)7-9-19(17)28-24(30-22)35-12-6-11-25(2,23(27)33)14-31(3)4/h7-10,13,32H,6,11-12,14H2,1-5H3,(H2,27,33)(H,28,29,30). The van der Waals surface area contributed by atoms with Crippen molar-refractivity contribution in [1.82, 2.24) is 14.9 Å². The number of carbonyl (C=O) groups is 1. The number of ether oxygens (including phenoxy) is 2. The highest BCUT2D eigenvalue weighted by molar-refractivity contribution is 5.92. The van der Waals surface area contributed by atoms with Crippen LogP contribution in [0.25, 0.3) is 10.9 Å². The summed E-state index contributed by atoms with van der Waals surface area (Å²) in [5, 5.41) is 13.6. The molecule has 1 heterocycles. The molecular formula is C25H32FN5O4. The van der Waals surface area contributed by atoms with Crippen molar-refractivity contribution in [3.05, 3.63) is 41.7 Å². The fourth-order valence-electron chi connectivity index (χ4n) is 3.92. The van der Waals surface area contributed by atoms with Gasteiger partial charge < -0.3 is 30.5 Å². The molecule has 1 aromatic heterocycles. The molecule has 188 valence electrons. The van der Waals surface area contributed by atoms with Crippen LogP contribution in [0.3, 0.4) is 0 Å². The van der Waals surface area contributed by atoms with Crippen molar-refractivity contribution in [1.29, 1.82) is 0 Å². The van der Waals surface area contributed by atoms with Crippen LogP contribution < -0.4 is 20.5 Å². The second-order valence-corrected chi connectivity index (χ2v) is 9.04. The van der Waals surface area contributed by atoms with Crippen molar-refractivity contribution in [2.24, 2.45) is 11.1 Å². The van der Waals surface area contributed by atoms with Gasteiger partial charge >= 0.3 is 6.01 Å². The van der Waals surface area contributed by atoms with E-state index in [-0.39, 0.29) is 30.0 Å². The number of phenols is 1. The third-order valence-corrected chi connectivity index (χ3v) is 5.88. The molecule has 2 aromatic carbocycles. The van der Waals surface area contributed by atoms with E-state index in [1.165, 1.54) is 12.1 Å². The van der Waals surface area contributed by atoms with Crippen LogP contribution in [0.5, 0.6) is 17.5 Å². The van der Waals surface area contributed by atoms with E-state index >= 15 is 0 Å². The number of halogens is 1. The molecule has 0 fully saturated rings. The lowest BCUT2D eigenvalue weighted by Gasteiger charge is -2.29. The van der Waals surface area contributed by atoms with Crippen molar-refractivity contribution in [2.75, 3.05) is 39.7 Å². The molecule has 0 bridgehead atoms.